The topological polar surface area (TPSA) is 67.4 Å². The Morgan fingerprint density at radius 2 is 1.63 bits per heavy atom. The Kier molecular flexibility index (Phi) is 7.63. The van der Waals surface area contributed by atoms with E-state index in [0.29, 0.717) is 32.7 Å². The van der Waals surface area contributed by atoms with Crippen molar-refractivity contribution in [3.63, 3.8) is 0 Å². The zero-order valence-corrected chi connectivity index (χ0v) is 18.3. The second kappa shape index (κ2) is 10.4. The summed E-state index contributed by atoms with van der Waals surface area (Å²) >= 11 is 13.4. The molecule has 0 atom stereocenters. The SMILES string of the molecule is COc1ccc(C(=O)Nc2ccc(SCC(=O)Nc3cccc(Cl)c3Cl)cc2)cc1. The van der Waals surface area contributed by atoms with Crippen molar-refractivity contribution in [2.45, 2.75) is 4.90 Å². The maximum atomic E-state index is 12.3. The molecule has 0 saturated heterocycles. The van der Waals surface area contributed by atoms with Gasteiger partial charge in [0, 0.05) is 16.1 Å². The number of nitrogens with one attached hydrogen (secondary N) is 2. The summed E-state index contributed by atoms with van der Waals surface area (Å²) in [5.74, 6) is 0.493. The van der Waals surface area contributed by atoms with E-state index in [9.17, 15) is 9.59 Å². The van der Waals surface area contributed by atoms with E-state index in [-0.39, 0.29) is 17.6 Å². The van der Waals surface area contributed by atoms with E-state index in [1.165, 1.54) is 11.8 Å². The number of halogens is 2. The van der Waals surface area contributed by atoms with E-state index in [4.69, 9.17) is 27.9 Å². The maximum Gasteiger partial charge on any atom is 0.255 e. The van der Waals surface area contributed by atoms with Gasteiger partial charge in [0.1, 0.15) is 5.75 Å². The van der Waals surface area contributed by atoms with Gasteiger partial charge >= 0.3 is 0 Å². The molecule has 0 fully saturated rings. The highest BCUT2D eigenvalue weighted by Crippen LogP contribution is 2.30. The minimum absolute atomic E-state index is 0.193. The molecule has 154 valence electrons. The average Bonchev–Trinajstić information content (AvgIpc) is 2.76. The van der Waals surface area contributed by atoms with Crippen LogP contribution in [-0.2, 0) is 4.79 Å². The molecule has 0 saturated carbocycles. The van der Waals surface area contributed by atoms with E-state index < -0.39 is 0 Å². The third kappa shape index (κ3) is 5.92. The van der Waals surface area contributed by atoms with Crippen molar-refractivity contribution < 1.29 is 14.3 Å². The number of anilines is 2. The van der Waals surface area contributed by atoms with Crippen LogP contribution in [0.2, 0.25) is 10.0 Å². The van der Waals surface area contributed by atoms with Gasteiger partial charge in [0.15, 0.2) is 0 Å². The van der Waals surface area contributed by atoms with Crippen LogP contribution in [0.5, 0.6) is 5.75 Å². The highest BCUT2D eigenvalue weighted by Gasteiger charge is 2.10. The van der Waals surface area contributed by atoms with E-state index >= 15 is 0 Å². The second-order valence-corrected chi connectivity index (χ2v) is 7.98. The number of thioether (sulfide) groups is 1. The molecule has 5 nitrogen and oxygen atoms in total. The summed E-state index contributed by atoms with van der Waals surface area (Å²) in [6.45, 7) is 0. The first-order valence-corrected chi connectivity index (χ1v) is 10.6. The molecule has 0 aliphatic heterocycles. The molecule has 0 aromatic heterocycles. The summed E-state index contributed by atoms with van der Waals surface area (Å²) in [6, 6.07) is 19.2. The molecule has 30 heavy (non-hydrogen) atoms. The molecule has 0 aliphatic carbocycles. The molecular weight excluding hydrogens is 443 g/mol. The number of amides is 2. The molecule has 3 aromatic rings. The Balaban J connectivity index is 1.52. The molecular formula is C22H18Cl2N2O3S. The molecule has 0 radical (unpaired) electrons. The number of methoxy groups -OCH3 is 1. The zero-order chi connectivity index (χ0) is 21.5. The first kappa shape index (κ1) is 22.0. The summed E-state index contributed by atoms with van der Waals surface area (Å²) in [6.07, 6.45) is 0. The number of hydrogen-bond acceptors (Lipinski definition) is 4. The molecule has 2 amide bonds. The number of carbonyl (C=O) groups is 2. The molecule has 0 heterocycles. The van der Waals surface area contributed by atoms with Gasteiger partial charge in [-0.25, -0.2) is 0 Å². The number of benzene rings is 3. The second-order valence-electron chi connectivity index (χ2n) is 6.15. The minimum Gasteiger partial charge on any atom is -0.497 e. The summed E-state index contributed by atoms with van der Waals surface area (Å²) in [5.41, 5.74) is 1.67. The highest BCUT2D eigenvalue weighted by molar-refractivity contribution is 8.00. The Hall–Kier alpha value is -2.67. The smallest absolute Gasteiger partial charge is 0.255 e. The van der Waals surface area contributed by atoms with Crippen LogP contribution < -0.4 is 15.4 Å². The van der Waals surface area contributed by atoms with E-state index in [2.05, 4.69) is 10.6 Å². The predicted octanol–water partition coefficient (Wildman–Crippen LogP) is 5.99. The Morgan fingerprint density at radius 1 is 0.933 bits per heavy atom. The Morgan fingerprint density at radius 3 is 2.30 bits per heavy atom. The van der Waals surface area contributed by atoms with Crippen molar-refractivity contribution in [2.75, 3.05) is 23.5 Å². The number of carbonyl (C=O) groups excluding carboxylic acids is 2. The van der Waals surface area contributed by atoms with E-state index in [0.717, 1.165) is 4.90 Å². The lowest BCUT2D eigenvalue weighted by Gasteiger charge is -2.09. The fourth-order valence-electron chi connectivity index (χ4n) is 2.52. The van der Waals surface area contributed by atoms with E-state index in [1.807, 2.05) is 12.1 Å². The first-order chi connectivity index (χ1) is 14.5. The van der Waals surface area contributed by atoms with Crippen molar-refractivity contribution in [3.8, 4) is 5.75 Å². The van der Waals surface area contributed by atoms with Crippen molar-refractivity contribution in [3.05, 3.63) is 82.3 Å². The number of rotatable bonds is 7. The fraction of sp³-hybridized carbons (Fsp3) is 0.0909. The maximum absolute atomic E-state index is 12.3. The van der Waals surface area contributed by atoms with Gasteiger partial charge in [0.05, 0.1) is 28.6 Å². The lowest BCUT2D eigenvalue weighted by atomic mass is 10.2. The molecule has 0 unspecified atom stereocenters. The van der Waals surface area contributed by atoms with Crippen molar-refractivity contribution in [1.82, 2.24) is 0 Å². The van der Waals surface area contributed by atoms with Crippen LogP contribution in [0.25, 0.3) is 0 Å². The van der Waals surface area contributed by atoms with Crippen LogP contribution in [0, 0.1) is 0 Å². The summed E-state index contributed by atoms with van der Waals surface area (Å²) in [4.78, 5) is 25.4. The van der Waals surface area contributed by atoms with Gasteiger partial charge in [-0.1, -0.05) is 29.3 Å². The van der Waals surface area contributed by atoms with Gasteiger partial charge in [0.25, 0.3) is 5.91 Å². The molecule has 3 rings (SSSR count). The average molecular weight is 461 g/mol. The van der Waals surface area contributed by atoms with Gasteiger partial charge < -0.3 is 15.4 Å². The monoisotopic (exact) mass is 460 g/mol. The minimum atomic E-state index is -0.212. The standard InChI is InChI=1S/C22H18Cl2N2O3S/c1-29-16-9-5-14(6-10-16)22(28)25-15-7-11-17(12-8-15)30-13-20(27)26-19-4-2-3-18(23)21(19)24/h2-12H,13H2,1H3,(H,25,28)(H,26,27). The van der Waals surface area contributed by atoms with Crippen LogP contribution in [-0.4, -0.2) is 24.7 Å². The van der Waals surface area contributed by atoms with Gasteiger partial charge in [-0.2, -0.15) is 0 Å². The van der Waals surface area contributed by atoms with Gasteiger partial charge in [-0.15, -0.1) is 11.8 Å². The molecule has 2 N–H and O–H groups in total. The summed E-state index contributed by atoms with van der Waals surface area (Å²) in [7, 11) is 1.57. The van der Waals surface area contributed by atoms with Crippen molar-refractivity contribution >= 4 is 58.2 Å². The molecule has 3 aromatic carbocycles. The van der Waals surface area contributed by atoms with Gasteiger partial charge in [-0.3, -0.25) is 9.59 Å². The van der Waals surface area contributed by atoms with Crippen LogP contribution in [0.3, 0.4) is 0 Å². The first-order valence-electron chi connectivity index (χ1n) is 8.88. The van der Waals surface area contributed by atoms with Gasteiger partial charge in [-0.05, 0) is 60.7 Å². The normalized spacial score (nSPS) is 10.4. The van der Waals surface area contributed by atoms with Crippen LogP contribution in [0.15, 0.2) is 71.6 Å². The van der Waals surface area contributed by atoms with Crippen molar-refractivity contribution in [1.29, 1.82) is 0 Å². The molecule has 8 heteroatoms. The largest absolute Gasteiger partial charge is 0.497 e. The number of ether oxygens (including phenoxy) is 1. The zero-order valence-electron chi connectivity index (χ0n) is 15.9. The third-order valence-corrected chi connectivity index (χ3v) is 5.89. The van der Waals surface area contributed by atoms with Crippen LogP contribution in [0.4, 0.5) is 11.4 Å². The third-order valence-electron chi connectivity index (χ3n) is 4.06. The van der Waals surface area contributed by atoms with E-state index in [1.54, 1.807) is 61.7 Å². The van der Waals surface area contributed by atoms with Crippen LogP contribution >= 0.6 is 35.0 Å². The van der Waals surface area contributed by atoms with Gasteiger partial charge in [0.2, 0.25) is 5.91 Å². The lowest BCUT2D eigenvalue weighted by molar-refractivity contribution is -0.113. The predicted molar refractivity (Wildman–Crippen MR) is 123 cm³/mol. The van der Waals surface area contributed by atoms with Crippen LogP contribution in [0.1, 0.15) is 10.4 Å². The fourth-order valence-corrected chi connectivity index (χ4v) is 3.56. The molecule has 0 bridgehead atoms. The Bertz CT molecular complexity index is 1040. The Labute approximate surface area is 188 Å². The summed E-state index contributed by atoms with van der Waals surface area (Å²) in [5, 5.41) is 6.28. The number of hydrogen-bond donors (Lipinski definition) is 2. The lowest BCUT2D eigenvalue weighted by Crippen LogP contribution is -2.14. The van der Waals surface area contributed by atoms with Crippen molar-refractivity contribution in [2.24, 2.45) is 0 Å². The molecule has 0 spiro atoms. The highest BCUT2D eigenvalue weighted by atomic mass is 35.5. The summed E-state index contributed by atoms with van der Waals surface area (Å²) < 4.78 is 5.09. The quantitative estimate of drug-likeness (QED) is 0.425. The molecule has 0 aliphatic rings.